The van der Waals surface area contributed by atoms with Crippen LogP contribution < -0.4 is 4.74 Å². The monoisotopic (exact) mass is 290 g/mol. The summed E-state index contributed by atoms with van der Waals surface area (Å²) in [6, 6.07) is 3.40. The highest BCUT2D eigenvalue weighted by Crippen LogP contribution is 2.35. The number of methoxy groups -OCH3 is 1. The lowest BCUT2D eigenvalue weighted by Gasteiger charge is -2.26. The molecular formula is C16H22N2O3. The van der Waals surface area contributed by atoms with E-state index in [9.17, 15) is 10.1 Å². The Labute approximate surface area is 125 Å². The number of nitro groups is 1. The fourth-order valence-corrected chi connectivity index (χ4v) is 2.80. The molecule has 2 rings (SSSR count). The Morgan fingerprint density at radius 3 is 2.71 bits per heavy atom. The van der Waals surface area contributed by atoms with Crippen LogP contribution in [0.3, 0.4) is 0 Å². The highest BCUT2D eigenvalue weighted by atomic mass is 16.6. The number of hydrogen-bond acceptors (Lipinski definition) is 4. The van der Waals surface area contributed by atoms with Gasteiger partial charge in [0.1, 0.15) is 0 Å². The average molecular weight is 290 g/mol. The van der Waals surface area contributed by atoms with E-state index in [0.717, 1.165) is 43.6 Å². The van der Waals surface area contributed by atoms with E-state index in [2.05, 4.69) is 17.9 Å². The van der Waals surface area contributed by atoms with Gasteiger partial charge in [0.2, 0.25) is 0 Å². The first-order valence-electron chi connectivity index (χ1n) is 7.31. The molecule has 0 bridgehead atoms. The van der Waals surface area contributed by atoms with E-state index in [-0.39, 0.29) is 5.69 Å². The van der Waals surface area contributed by atoms with Crippen molar-refractivity contribution in [1.29, 1.82) is 0 Å². The molecule has 0 saturated heterocycles. The van der Waals surface area contributed by atoms with Gasteiger partial charge in [0.25, 0.3) is 0 Å². The fraction of sp³-hybridized carbons (Fsp3) is 0.500. The van der Waals surface area contributed by atoms with Gasteiger partial charge in [-0.25, -0.2) is 0 Å². The van der Waals surface area contributed by atoms with E-state index in [1.807, 2.05) is 6.92 Å². The summed E-state index contributed by atoms with van der Waals surface area (Å²) in [5.74, 6) is 0.331. The van der Waals surface area contributed by atoms with Crippen molar-refractivity contribution in [2.75, 3.05) is 26.7 Å². The molecule has 1 aromatic carbocycles. The van der Waals surface area contributed by atoms with Crippen molar-refractivity contribution in [3.8, 4) is 5.75 Å². The minimum Gasteiger partial charge on any atom is -0.490 e. The zero-order chi connectivity index (χ0) is 15.4. The molecule has 21 heavy (non-hydrogen) atoms. The number of nitro benzene ring substituents is 1. The van der Waals surface area contributed by atoms with Gasteiger partial charge in [-0.15, -0.1) is 0 Å². The van der Waals surface area contributed by atoms with Gasteiger partial charge in [-0.1, -0.05) is 13.0 Å². The molecule has 0 radical (unpaired) electrons. The van der Waals surface area contributed by atoms with Crippen LogP contribution >= 0.6 is 0 Å². The molecule has 0 spiro atoms. The van der Waals surface area contributed by atoms with Gasteiger partial charge in [-0.3, -0.25) is 15.0 Å². The molecule has 0 unspecified atom stereocenters. The van der Waals surface area contributed by atoms with Gasteiger partial charge in [0.05, 0.1) is 12.0 Å². The van der Waals surface area contributed by atoms with Crippen molar-refractivity contribution in [2.24, 2.45) is 0 Å². The molecule has 5 heteroatoms. The van der Waals surface area contributed by atoms with Crippen molar-refractivity contribution < 1.29 is 9.66 Å². The number of aryl methyl sites for hydroxylation is 1. The number of benzene rings is 1. The summed E-state index contributed by atoms with van der Waals surface area (Å²) in [4.78, 5) is 13.1. The Morgan fingerprint density at radius 2 is 2.19 bits per heavy atom. The van der Waals surface area contributed by atoms with Gasteiger partial charge in [0, 0.05) is 19.2 Å². The third kappa shape index (κ3) is 3.42. The number of ether oxygens (including phenoxy) is 1. The number of nitrogens with zero attached hydrogens (tertiary/aromatic N) is 2. The number of hydrogen-bond donors (Lipinski definition) is 0. The molecule has 1 aliphatic rings. The standard InChI is InChI=1S/C16H22N2O3/c1-4-7-17-8-5-13(6-9-17)14-11-16(21-3)15(18(19)20)10-12(14)2/h5,10-11H,4,6-9H2,1-3H3. The average Bonchev–Trinajstić information content (AvgIpc) is 2.48. The Hall–Kier alpha value is -1.88. The fourth-order valence-electron chi connectivity index (χ4n) is 2.80. The van der Waals surface area contributed by atoms with Crippen LogP contribution in [-0.2, 0) is 0 Å². The Kier molecular flexibility index (Phi) is 4.96. The predicted molar refractivity (Wildman–Crippen MR) is 83.7 cm³/mol. The lowest BCUT2D eigenvalue weighted by molar-refractivity contribution is -0.385. The van der Waals surface area contributed by atoms with Crippen LogP contribution in [0.1, 0.15) is 30.9 Å². The highest BCUT2D eigenvalue weighted by molar-refractivity contribution is 5.72. The topological polar surface area (TPSA) is 55.6 Å². The number of rotatable bonds is 5. The molecule has 1 aromatic rings. The summed E-state index contributed by atoms with van der Waals surface area (Å²) >= 11 is 0. The smallest absolute Gasteiger partial charge is 0.311 e. The molecule has 1 heterocycles. The maximum absolute atomic E-state index is 11.0. The van der Waals surface area contributed by atoms with Gasteiger partial charge in [-0.2, -0.15) is 0 Å². The van der Waals surface area contributed by atoms with Crippen molar-refractivity contribution in [3.63, 3.8) is 0 Å². The minimum absolute atomic E-state index is 0.0303. The zero-order valence-corrected chi connectivity index (χ0v) is 12.9. The van der Waals surface area contributed by atoms with Crippen LogP contribution in [0.5, 0.6) is 5.75 Å². The summed E-state index contributed by atoms with van der Waals surface area (Å²) < 4.78 is 5.17. The van der Waals surface area contributed by atoms with Gasteiger partial charge >= 0.3 is 5.69 Å². The minimum atomic E-state index is -0.395. The highest BCUT2D eigenvalue weighted by Gasteiger charge is 2.20. The van der Waals surface area contributed by atoms with Crippen molar-refractivity contribution in [1.82, 2.24) is 4.90 Å². The van der Waals surface area contributed by atoms with Gasteiger partial charge in [0.15, 0.2) is 5.75 Å². The van der Waals surface area contributed by atoms with Crippen molar-refractivity contribution in [3.05, 3.63) is 39.4 Å². The zero-order valence-electron chi connectivity index (χ0n) is 12.9. The second kappa shape index (κ2) is 6.72. The second-order valence-corrected chi connectivity index (χ2v) is 5.38. The van der Waals surface area contributed by atoms with Gasteiger partial charge in [-0.05, 0) is 49.1 Å². The maximum Gasteiger partial charge on any atom is 0.311 e. The van der Waals surface area contributed by atoms with Crippen molar-refractivity contribution in [2.45, 2.75) is 26.7 Å². The molecule has 0 fully saturated rings. The van der Waals surface area contributed by atoms with E-state index in [1.54, 1.807) is 12.1 Å². The molecule has 114 valence electrons. The quantitative estimate of drug-likeness (QED) is 0.616. The van der Waals surface area contributed by atoms with Crippen LogP contribution in [0.4, 0.5) is 5.69 Å². The molecule has 5 nitrogen and oxygen atoms in total. The van der Waals surface area contributed by atoms with E-state index >= 15 is 0 Å². The third-order valence-corrected chi connectivity index (χ3v) is 3.90. The maximum atomic E-state index is 11.0. The molecule has 1 aliphatic heterocycles. The van der Waals surface area contributed by atoms with Crippen LogP contribution in [-0.4, -0.2) is 36.6 Å². The first-order valence-corrected chi connectivity index (χ1v) is 7.31. The van der Waals surface area contributed by atoms with Crippen LogP contribution in [0.15, 0.2) is 18.2 Å². The summed E-state index contributed by atoms with van der Waals surface area (Å²) in [7, 11) is 1.47. The summed E-state index contributed by atoms with van der Waals surface area (Å²) in [5, 5.41) is 11.0. The Bertz CT molecular complexity index is 567. The second-order valence-electron chi connectivity index (χ2n) is 5.38. The molecular weight excluding hydrogens is 268 g/mol. The van der Waals surface area contributed by atoms with Crippen molar-refractivity contribution >= 4 is 11.3 Å². The SMILES string of the molecule is CCCN1CC=C(c2cc(OC)c([N+](=O)[O-])cc2C)CC1. The molecule has 0 saturated carbocycles. The molecule has 0 atom stereocenters. The van der Waals surface area contributed by atoms with Crippen LogP contribution in [0, 0.1) is 17.0 Å². The van der Waals surface area contributed by atoms with E-state index in [1.165, 1.54) is 12.7 Å². The third-order valence-electron chi connectivity index (χ3n) is 3.90. The lowest BCUT2D eigenvalue weighted by atomic mass is 9.94. The summed E-state index contributed by atoms with van der Waals surface area (Å²) in [6.07, 6.45) is 4.36. The van der Waals surface area contributed by atoms with E-state index in [0.29, 0.717) is 5.75 Å². The molecule has 0 aromatic heterocycles. The van der Waals surface area contributed by atoms with E-state index in [4.69, 9.17) is 4.74 Å². The van der Waals surface area contributed by atoms with Gasteiger partial charge < -0.3 is 4.74 Å². The summed E-state index contributed by atoms with van der Waals surface area (Å²) in [5.41, 5.74) is 3.28. The molecule has 0 aliphatic carbocycles. The lowest BCUT2D eigenvalue weighted by Crippen LogP contribution is -2.29. The normalized spacial score (nSPS) is 15.7. The summed E-state index contributed by atoms with van der Waals surface area (Å²) in [6.45, 7) is 7.21. The largest absolute Gasteiger partial charge is 0.490 e. The Balaban J connectivity index is 2.31. The van der Waals surface area contributed by atoms with Crippen LogP contribution in [0.2, 0.25) is 0 Å². The van der Waals surface area contributed by atoms with Crippen LogP contribution in [0.25, 0.3) is 5.57 Å². The Morgan fingerprint density at radius 1 is 1.43 bits per heavy atom. The molecule has 0 N–H and O–H groups in total. The predicted octanol–water partition coefficient (Wildman–Crippen LogP) is 3.41. The first-order chi connectivity index (χ1) is 10.1. The first kappa shape index (κ1) is 15.5. The molecule has 0 amide bonds. The van der Waals surface area contributed by atoms with E-state index < -0.39 is 4.92 Å².